The summed E-state index contributed by atoms with van der Waals surface area (Å²) in [6.07, 6.45) is 0.345. The van der Waals surface area contributed by atoms with E-state index in [1.807, 2.05) is 61.5 Å². The number of nitro groups is 1. The van der Waals surface area contributed by atoms with Gasteiger partial charge in [0.05, 0.1) is 27.3 Å². The van der Waals surface area contributed by atoms with E-state index in [1.54, 1.807) is 12.1 Å². The van der Waals surface area contributed by atoms with Crippen molar-refractivity contribution in [3.05, 3.63) is 99.7 Å². The van der Waals surface area contributed by atoms with E-state index in [9.17, 15) is 10.1 Å². The van der Waals surface area contributed by atoms with Crippen LogP contribution in [0.1, 0.15) is 16.8 Å². The molecule has 132 valence electrons. The van der Waals surface area contributed by atoms with Gasteiger partial charge < -0.3 is 0 Å². The van der Waals surface area contributed by atoms with E-state index in [1.165, 1.54) is 6.07 Å². The summed E-state index contributed by atoms with van der Waals surface area (Å²) in [5, 5.41) is 11.4. The van der Waals surface area contributed by atoms with E-state index in [0.29, 0.717) is 12.0 Å². The highest BCUT2D eigenvalue weighted by atomic mass is 16.6. The lowest BCUT2D eigenvalue weighted by Gasteiger charge is -2.11. The van der Waals surface area contributed by atoms with Gasteiger partial charge in [0.1, 0.15) is 0 Å². The molecule has 0 radical (unpaired) electrons. The van der Waals surface area contributed by atoms with Gasteiger partial charge >= 0.3 is 0 Å². The largest absolute Gasteiger partial charge is 0.272 e. The Bertz CT molecular complexity index is 1140. The first-order chi connectivity index (χ1) is 13.1. The number of para-hydroxylation sites is 3. The zero-order valence-electron chi connectivity index (χ0n) is 14.8. The number of hydrogen-bond donors (Lipinski definition) is 0. The zero-order chi connectivity index (χ0) is 18.8. The van der Waals surface area contributed by atoms with E-state index < -0.39 is 0 Å². The van der Waals surface area contributed by atoms with Crippen molar-refractivity contribution in [2.75, 3.05) is 0 Å². The molecule has 4 aromatic rings. The standard InChI is InChI=1S/C22H17N3O2/c1-15-10-12-16(13-11-15)22-20(23-18-7-3-4-8-19(18)24-22)14-17-6-2-5-9-21(17)25(26)27/h2-13H,14H2,1H3. The Balaban J connectivity index is 1.89. The minimum atomic E-state index is -0.352. The van der Waals surface area contributed by atoms with E-state index >= 15 is 0 Å². The van der Waals surface area contributed by atoms with Crippen LogP contribution in [-0.2, 0) is 6.42 Å². The number of aromatic nitrogens is 2. The van der Waals surface area contributed by atoms with Gasteiger partial charge in [0.15, 0.2) is 0 Å². The Morgan fingerprint density at radius 1 is 0.852 bits per heavy atom. The van der Waals surface area contributed by atoms with E-state index in [2.05, 4.69) is 0 Å². The number of rotatable bonds is 4. The quantitative estimate of drug-likeness (QED) is 0.377. The Labute approximate surface area is 156 Å². The van der Waals surface area contributed by atoms with Crippen molar-refractivity contribution in [1.29, 1.82) is 0 Å². The lowest BCUT2D eigenvalue weighted by Crippen LogP contribution is -2.02. The van der Waals surface area contributed by atoms with Crippen LogP contribution in [0.3, 0.4) is 0 Å². The highest BCUT2D eigenvalue weighted by Gasteiger charge is 2.17. The molecule has 0 spiro atoms. The second kappa shape index (κ2) is 6.96. The predicted octanol–water partition coefficient (Wildman–Crippen LogP) is 5.10. The van der Waals surface area contributed by atoms with Crippen LogP contribution in [0.25, 0.3) is 22.3 Å². The summed E-state index contributed by atoms with van der Waals surface area (Å²) in [4.78, 5) is 20.6. The van der Waals surface area contributed by atoms with Crippen molar-refractivity contribution in [2.24, 2.45) is 0 Å². The molecule has 4 rings (SSSR count). The number of nitrogens with zero attached hydrogens (tertiary/aromatic N) is 3. The van der Waals surface area contributed by atoms with E-state index in [-0.39, 0.29) is 10.6 Å². The molecule has 0 amide bonds. The molecular formula is C22H17N3O2. The second-order valence-electron chi connectivity index (χ2n) is 6.44. The van der Waals surface area contributed by atoms with Crippen LogP contribution in [0.2, 0.25) is 0 Å². The Morgan fingerprint density at radius 3 is 2.19 bits per heavy atom. The molecular weight excluding hydrogens is 338 g/mol. The summed E-state index contributed by atoms with van der Waals surface area (Å²) >= 11 is 0. The molecule has 0 fully saturated rings. The fourth-order valence-electron chi connectivity index (χ4n) is 3.12. The SMILES string of the molecule is Cc1ccc(-c2nc3ccccc3nc2Cc2ccccc2[N+](=O)[O-])cc1. The van der Waals surface area contributed by atoms with Gasteiger partial charge in [0.25, 0.3) is 5.69 Å². The molecule has 0 aliphatic heterocycles. The number of aryl methyl sites for hydroxylation is 1. The molecule has 0 aliphatic carbocycles. The molecule has 27 heavy (non-hydrogen) atoms. The molecule has 0 saturated carbocycles. The Hall–Kier alpha value is -3.60. The first-order valence-corrected chi connectivity index (χ1v) is 8.67. The summed E-state index contributed by atoms with van der Waals surface area (Å²) in [6.45, 7) is 2.03. The first-order valence-electron chi connectivity index (χ1n) is 8.67. The number of nitro benzene ring substituents is 1. The van der Waals surface area contributed by atoms with Crippen molar-refractivity contribution in [3.8, 4) is 11.3 Å². The summed E-state index contributed by atoms with van der Waals surface area (Å²) in [5.41, 5.74) is 5.91. The maximum atomic E-state index is 11.4. The molecule has 0 bridgehead atoms. The molecule has 0 N–H and O–H groups in total. The first kappa shape index (κ1) is 16.8. The minimum absolute atomic E-state index is 0.0994. The number of hydrogen-bond acceptors (Lipinski definition) is 4. The third-order valence-electron chi connectivity index (χ3n) is 4.51. The third kappa shape index (κ3) is 3.40. The fraction of sp³-hybridized carbons (Fsp3) is 0.0909. The van der Waals surface area contributed by atoms with Crippen LogP contribution < -0.4 is 0 Å². The van der Waals surface area contributed by atoms with Crippen molar-refractivity contribution in [3.63, 3.8) is 0 Å². The molecule has 0 atom stereocenters. The van der Waals surface area contributed by atoms with Gasteiger partial charge in [-0.05, 0) is 19.1 Å². The van der Waals surface area contributed by atoms with Crippen LogP contribution >= 0.6 is 0 Å². The van der Waals surface area contributed by atoms with Crippen molar-refractivity contribution in [1.82, 2.24) is 9.97 Å². The van der Waals surface area contributed by atoms with Gasteiger partial charge in [-0.2, -0.15) is 0 Å². The molecule has 0 aliphatic rings. The summed E-state index contributed by atoms with van der Waals surface area (Å²) in [6, 6.07) is 22.5. The average molecular weight is 355 g/mol. The molecule has 5 nitrogen and oxygen atoms in total. The van der Waals surface area contributed by atoms with E-state index in [4.69, 9.17) is 9.97 Å². The van der Waals surface area contributed by atoms with Crippen molar-refractivity contribution >= 4 is 16.7 Å². The monoisotopic (exact) mass is 355 g/mol. The molecule has 3 aromatic carbocycles. The highest BCUT2D eigenvalue weighted by molar-refractivity contribution is 5.78. The lowest BCUT2D eigenvalue weighted by molar-refractivity contribution is -0.385. The van der Waals surface area contributed by atoms with Gasteiger partial charge in [-0.15, -0.1) is 0 Å². The normalized spacial score (nSPS) is 10.9. The Kier molecular flexibility index (Phi) is 4.34. The zero-order valence-corrected chi connectivity index (χ0v) is 14.8. The van der Waals surface area contributed by atoms with Crippen LogP contribution in [-0.4, -0.2) is 14.9 Å². The maximum absolute atomic E-state index is 11.4. The summed E-state index contributed by atoms with van der Waals surface area (Å²) in [5.74, 6) is 0. The number of fused-ring (bicyclic) bond motifs is 1. The minimum Gasteiger partial charge on any atom is -0.258 e. The van der Waals surface area contributed by atoms with Gasteiger partial charge in [-0.1, -0.05) is 60.2 Å². The summed E-state index contributed by atoms with van der Waals surface area (Å²) < 4.78 is 0. The van der Waals surface area contributed by atoms with Crippen LogP contribution in [0.4, 0.5) is 5.69 Å². The predicted molar refractivity (Wildman–Crippen MR) is 106 cm³/mol. The average Bonchev–Trinajstić information content (AvgIpc) is 2.68. The van der Waals surface area contributed by atoms with E-state index in [0.717, 1.165) is 33.5 Å². The van der Waals surface area contributed by atoms with Crippen LogP contribution in [0, 0.1) is 17.0 Å². The smallest absolute Gasteiger partial charge is 0.258 e. The van der Waals surface area contributed by atoms with Crippen molar-refractivity contribution in [2.45, 2.75) is 13.3 Å². The second-order valence-corrected chi connectivity index (χ2v) is 6.44. The topological polar surface area (TPSA) is 68.9 Å². The molecule has 5 heteroatoms. The molecule has 0 saturated heterocycles. The van der Waals surface area contributed by atoms with Crippen molar-refractivity contribution < 1.29 is 4.92 Å². The molecule has 1 heterocycles. The third-order valence-corrected chi connectivity index (χ3v) is 4.51. The lowest BCUT2D eigenvalue weighted by atomic mass is 10.0. The van der Waals surface area contributed by atoms with Gasteiger partial charge in [0.2, 0.25) is 0 Å². The highest BCUT2D eigenvalue weighted by Crippen LogP contribution is 2.28. The van der Waals surface area contributed by atoms with Gasteiger partial charge in [0, 0.05) is 23.6 Å². The summed E-state index contributed by atoms with van der Waals surface area (Å²) in [7, 11) is 0. The Morgan fingerprint density at radius 2 is 1.48 bits per heavy atom. The molecule has 1 aromatic heterocycles. The van der Waals surface area contributed by atoms with Crippen LogP contribution in [0.5, 0.6) is 0 Å². The number of benzene rings is 3. The fourth-order valence-corrected chi connectivity index (χ4v) is 3.12. The molecule has 0 unspecified atom stereocenters. The van der Waals surface area contributed by atoms with Gasteiger partial charge in [-0.25, -0.2) is 9.97 Å². The van der Waals surface area contributed by atoms with Gasteiger partial charge in [-0.3, -0.25) is 10.1 Å². The maximum Gasteiger partial charge on any atom is 0.272 e. The van der Waals surface area contributed by atoms with Crippen LogP contribution in [0.15, 0.2) is 72.8 Å².